The van der Waals surface area contributed by atoms with E-state index in [9.17, 15) is 0 Å². The molecule has 1 saturated carbocycles. The lowest BCUT2D eigenvalue weighted by atomic mass is 9.92. The molecule has 1 aliphatic carbocycles. The highest BCUT2D eigenvalue weighted by Gasteiger charge is 2.38. The maximum atomic E-state index is 8.21. The molecule has 0 heterocycles. The Balaban J connectivity index is 2.33. The molecule has 3 heteroatoms. The molecule has 1 fully saturated rings. The fourth-order valence-electron chi connectivity index (χ4n) is 0.798. The van der Waals surface area contributed by atoms with Gasteiger partial charge in [-0.3, -0.25) is 0 Å². The lowest BCUT2D eigenvalue weighted by Gasteiger charge is -2.36. The van der Waals surface area contributed by atoms with E-state index >= 15 is 0 Å². The molecule has 0 spiro atoms. The van der Waals surface area contributed by atoms with Crippen LogP contribution in [0, 0.1) is 0 Å². The van der Waals surface area contributed by atoms with E-state index in [2.05, 4.69) is 4.89 Å². The summed E-state index contributed by atoms with van der Waals surface area (Å²) in [4.78, 5) is 4.10. The summed E-state index contributed by atoms with van der Waals surface area (Å²) in [6, 6.07) is 0. The first kappa shape index (κ1) is 6.01. The third-order valence-corrected chi connectivity index (χ3v) is 1.65. The molecule has 0 amide bonds. The minimum Gasteiger partial charge on any atom is -0.351 e. The highest BCUT2D eigenvalue weighted by molar-refractivity contribution is 4.78. The molecule has 0 aromatic carbocycles. The van der Waals surface area contributed by atoms with Crippen LogP contribution < -0.4 is 0 Å². The fourth-order valence-corrected chi connectivity index (χ4v) is 0.798. The van der Waals surface area contributed by atoms with Gasteiger partial charge in [0.1, 0.15) is 0 Å². The molecular formula is C5H10O3. The van der Waals surface area contributed by atoms with Crippen LogP contribution in [0.15, 0.2) is 0 Å². The Labute approximate surface area is 48.1 Å². The van der Waals surface area contributed by atoms with Crippen LogP contribution >= 0.6 is 0 Å². The van der Waals surface area contributed by atoms with Crippen molar-refractivity contribution in [2.24, 2.45) is 0 Å². The van der Waals surface area contributed by atoms with Crippen molar-refractivity contribution in [3.05, 3.63) is 0 Å². The van der Waals surface area contributed by atoms with Gasteiger partial charge in [0.15, 0.2) is 0 Å². The molecule has 0 aromatic heterocycles. The van der Waals surface area contributed by atoms with Crippen molar-refractivity contribution in [3.8, 4) is 0 Å². The van der Waals surface area contributed by atoms with E-state index in [1.807, 2.05) is 0 Å². The van der Waals surface area contributed by atoms with Gasteiger partial charge in [0.2, 0.25) is 5.79 Å². The van der Waals surface area contributed by atoms with Crippen LogP contribution in [0.25, 0.3) is 0 Å². The summed E-state index contributed by atoms with van der Waals surface area (Å²) in [7, 11) is 1.54. The standard InChI is InChI=1S/C5H10O3/c1-7-5(8-6)3-2-4-5/h6H,2-4H2,1H3. The van der Waals surface area contributed by atoms with Crippen molar-refractivity contribution >= 4 is 0 Å². The van der Waals surface area contributed by atoms with Crippen molar-refractivity contribution < 1.29 is 14.9 Å². The van der Waals surface area contributed by atoms with Gasteiger partial charge in [-0.25, -0.2) is 10.1 Å². The molecule has 0 atom stereocenters. The SMILES string of the molecule is COC1(OO)CCC1. The largest absolute Gasteiger partial charge is 0.351 e. The quantitative estimate of drug-likeness (QED) is 0.334. The van der Waals surface area contributed by atoms with E-state index in [1.165, 1.54) is 7.11 Å². The second kappa shape index (κ2) is 2.01. The molecule has 3 nitrogen and oxygen atoms in total. The molecule has 0 unspecified atom stereocenters. The Bertz CT molecular complexity index is 64.2. The van der Waals surface area contributed by atoms with Crippen molar-refractivity contribution in [1.29, 1.82) is 0 Å². The van der Waals surface area contributed by atoms with Crippen LogP contribution in [0.5, 0.6) is 0 Å². The van der Waals surface area contributed by atoms with Gasteiger partial charge in [-0.1, -0.05) is 0 Å². The van der Waals surface area contributed by atoms with Crippen LogP contribution in [-0.4, -0.2) is 18.2 Å². The lowest BCUT2D eigenvalue weighted by Crippen LogP contribution is -2.40. The zero-order chi connectivity index (χ0) is 6.04. The van der Waals surface area contributed by atoms with Crippen molar-refractivity contribution in [2.45, 2.75) is 25.0 Å². The number of rotatable bonds is 2. The first-order valence-corrected chi connectivity index (χ1v) is 2.71. The van der Waals surface area contributed by atoms with E-state index in [4.69, 9.17) is 9.99 Å². The molecule has 0 aliphatic heterocycles. The minimum atomic E-state index is -0.639. The van der Waals surface area contributed by atoms with Crippen LogP contribution in [0.1, 0.15) is 19.3 Å². The zero-order valence-corrected chi connectivity index (χ0v) is 4.89. The summed E-state index contributed by atoms with van der Waals surface area (Å²) < 4.78 is 4.85. The fraction of sp³-hybridized carbons (Fsp3) is 1.00. The molecular weight excluding hydrogens is 108 g/mol. The second-order valence-electron chi connectivity index (χ2n) is 2.06. The molecule has 48 valence electrons. The Hall–Kier alpha value is -0.120. The molecule has 1 aliphatic rings. The summed E-state index contributed by atoms with van der Waals surface area (Å²) in [6.45, 7) is 0. The number of ether oxygens (including phenoxy) is 1. The highest BCUT2D eigenvalue weighted by Crippen LogP contribution is 2.34. The molecule has 1 rings (SSSR count). The summed E-state index contributed by atoms with van der Waals surface area (Å²) in [6.07, 6.45) is 2.69. The topological polar surface area (TPSA) is 38.7 Å². The first-order chi connectivity index (χ1) is 3.83. The van der Waals surface area contributed by atoms with E-state index in [-0.39, 0.29) is 0 Å². The normalized spacial score (nSPS) is 24.8. The number of hydrogen-bond donors (Lipinski definition) is 1. The van der Waals surface area contributed by atoms with Crippen molar-refractivity contribution in [1.82, 2.24) is 0 Å². The molecule has 1 N–H and O–H groups in total. The summed E-state index contributed by atoms with van der Waals surface area (Å²) in [5.74, 6) is -0.639. The molecule has 0 bridgehead atoms. The van der Waals surface area contributed by atoms with Crippen molar-refractivity contribution in [3.63, 3.8) is 0 Å². The zero-order valence-electron chi connectivity index (χ0n) is 4.89. The van der Waals surface area contributed by atoms with Gasteiger partial charge >= 0.3 is 0 Å². The van der Waals surface area contributed by atoms with Gasteiger partial charge in [-0.2, -0.15) is 0 Å². The van der Waals surface area contributed by atoms with Gasteiger partial charge < -0.3 is 4.74 Å². The first-order valence-electron chi connectivity index (χ1n) is 2.71. The monoisotopic (exact) mass is 118 g/mol. The highest BCUT2D eigenvalue weighted by atomic mass is 17.1. The van der Waals surface area contributed by atoms with Gasteiger partial charge in [-0.15, -0.1) is 0 Å². The van der Waals surface area contributed by atoms with Crippen LogP contribution in [0.3, 0.4) is 0 Å². The summed E-state index contributed by atoms with van der Waals surface area (Å²) >= 11 is 0. The Morgan fingerprint density at radius 1 is 1.50 bits per heavy atom. The Kier molecular flexibility index (Phi) is 1.51. The van der Waals surface area contributed by atoms with Crippen molar-refractivity contribution in [2.75, 3.05) is 7.11 Å². The third-order valence-electron chi connectivity index (χ3n) is 1.65. The van der Waals surface area contributed by atoms with Crippen LogP contribution in [-0.2, 0) is 9.62 Å². The molecule has 0 saturated heterocycles. The molecule has 0 aromatic rings. The van der Waals surface area contributed by atoms with Gasteiger partial charge in [0.25, 0.3) is 0 Å². The predicted octanol–water partition coefficient (Wildman–Crippen LogP) is 1.00. The summed E-state index contributed by atoms with van der Waals surface area (Å²) in [5, 5.41) is 8.21. The maximum absolute atomic E-state index is 8.21. The third kappa shape index (κ3) is 0.727. The number of methoxy groups -OCH3 is 1. The minimum absolute atomic E-state index is 0.639. The number of hydrogen-bond acceptors (Lipinski definition) is 3. The van der Waals surface area contributed by atoms with E-state index in [1.54, 1.807) is 0 Å². The van der Waals surface area contributed by atoms with E-state index in [0.717, 1.165) is 19.3 Å². The maximum Gasteiger partial charge on any atom is 0.201 e. The smallest absolute Gasteiger partial charge is 0.201 e. The Morgan fingerprint density at radius 3 is 2.12 bits per heavy atom. The average Bonchev–Trinajstić information content (AvgIpc) is 1.67. The summed E-state index contributed by atoms with van der Waals surface area (Å²) in [5.41, 5.74) is 0. The molecule has 8 heavy (non-hydrogen) atoms. The van der Waals surface area contributed by atoms with E-state index in [0.29, 0.717) is 0 Å². The Morgan fingerprint density at radius 2 is 2.12 bits per heavy atom. The predicted molar refractivity (Wildman–Crippen MR) is 27.3 cm³/mol. The molecule has 0 radical (unpaired) electrons. The van der Waals surface area contributed by atoms with Gasteiger partial charge in [-0.05, 0) is 6.42 Å². The second-order valence-corrected chi connectivity index (χ2v) is 2.06. The van der Waals surface area contributed by atoms with Gasteiger partial charge in [0.05, 0.1) is 0 Å². The van der Waals surface area contributed by atoms with Crippen LogP contribution in [0.2, 0.25) is 0 Å². The van der Waals surface area contributed by atoms with Gasteiger partial charge in [0, 0.05) is 20.0 Å². The average molecular weight is 118 g/mol. The lowest BCUT2D eigenvalue weighted by molar-refractivity contribution is -0.421. The van der Waals surface area contributed by atoms with E-state index < -0.39 is 5.79 Å². The van der Waals surface area contributed by atoms with Crippen LogP contribution in [0.4, 0.5) is 0 Å².